The number of rotatable bonds is 9. The number of ether oxygens (including phenoxy) is 2. The standard InChI is InChI=1S/C22H22ClN5O2S2/c1-14-13-31-21(24-14)20-25-26-22(27-32-12-11-15-7-9-16(23)10-8-15)28(20)19-17(29-2)5-4-6-18(19)30-3/h4-10,13H,11-12H2,1-3H3,(H,26,27). The van der Waals surface area contributed by atoms with Gasteiger partial charge in [-0.1, -0.05) is 29.8 Å². The van der Waals surface area contributed by atoms with E-state index in [4.69, 9.17) is 21.1 Å². The van der Waals surface area contributed by atoms with Crippen LogP contribution in [0.5, 0.6) is 11.5 Å². The summed E-state index contributed by atoms with van der Waals surface area (Å²) in [5.74, 6) is 3.31. The monoisotopic (exact) mass is 487 g/mol. The van der Waals surface area contributed by atoms with Crippen molar-refractivity contribution in [3.05, 3.63) is 64.1 Å². The van der Waals surface area contributed by atoms with Gasteiger partial charge < -0.3 is 9.47 Å². The van der Waals surface area contributed by atoms with Crippen molar-refractivity contribution in [3.8, 4) is 28.0 Å². The Morgan fingerprint density at radius 1 is 1.06 bits per heavy atom. The second-order valence-corrected chi connectivity index (χ2v) is 9.01. The highest BCUT2D eigenvalue weighted by Crippen LogP contribution is 2.38. The van der Waals surface area contributed by atoms with E-state index in [1.54, 1.807) is 26.2 Å². The molecule has 0 unspecified atom stereocenters. The third-order valence-corrected chi connectivity index (χ3v) is 6.61. The van der Waals surface area contributed by atoms with Gasteiger partial charge in [-0.3, -0.25) is 9.29 Å². The van der Waals surface area contributed by atoms with Crippen LogP contribution >= 0.6 is 34.9 Å². The van der Waals surface area contributed by atoms with Gasteiger partial charge in [0.05, 0.1) is 14.2 Å². The average molecular weight is 488 g/mol. The topological polar surface area (TPSA) is 74.1 Å². The zero-order valence-corrected chi connectivity index (χ0v) is 20.2. The number of hydrogen-bond donors (Lipinski definition) is 1. The molecular weight excluding hydrogens is 466 g/mol. The Bertz CT molecular complexity index is 1170. The summed E-state index contributed by atoms with van der Waals surface area (Å²) in [7, 11) is 3.26. The van der Waals surface area contributed by atoms with Gasteiger partial charge >= 0.3 is 0 Å². The number of nitrogens with zero attached hydrogens (tertiary/aromatic N) is 4. The molecule has 2 aromatic carbocycles. The minimum Gasteiger partial charge on any atom is -0.494 e. The zero-order valence-electron chi connectivity index (χ0n) is 17.8. The van der Waals surface area contributed by atoms with Crippen molar-refractivity contribution in [2.45, 2.75) is 13.3 Å². The molecule has 166 valence electrons. The van der Waals surface area contributed by atoms with Gasteiger partial charge in [-0.2, -0.15) is 0 Å². The first-order valence-electron chi connectivity index (χ1n) is 9.82. The van der Waals surface area contributed by atoms with E-state index in [1.165, 1.54) is 16.9 Å². The number of aryl methyl sites for hydroxylation is 2. The van der Waals surface area contributed by atoms with Crippen molar-refractivity contribution in [1.82, 2.24) is 19.7 Å². The number of anilines is 1. The predicted octanol–water partition coefficient (Wildman–Crippen LogP) is 5.67. The first-order chi connectivity index (χ1) is 15.6. The molecule has 7 nitrogen and oxygen atoms in total. The Hall–Kier alpha value is -2.75. The van der Waals surface area contributed by atoms with Crippen LogP contribution in [0, 0.1) is 6.92 Å². The molecule has 2 aromatic heterocycles. The summed E-state index contributed by atoms with van der Waals surface area (Å²) in [5, 5.41) is 12.3. The van der Waals surface area contributed by atoms with Gasteiger partial charge in [0.1, 0.15) is 17.2 Å². The van der Waals surface area contributed by atoms with Gasteiger partial charge in [-0.15, -0.1) is 21.5 Å². The van der Waals surface area contributed by atoms with Crippen molar-refractivity contribution in [1.29, 1.82) is 0 Å². The van der Waals surface area contributed by atoms with E-state index < -0.39 is 0 Å². The van der Waals surface area contributed by atoms with E-state index in [1.807, 2.05) is 59.3 Å². The molecule has 0 fully saturated rings. The Morgan fingerprint density at radius 2 is 1.78 bits per heavy atom. The van der Waals surface area contributed by atoms with E-state index in [9.17, 15) is 0 Å². The maximum atomic E-state index is 5.97. The van der Waals surface area contributed by atoms with Gasteiger partial charge in [-0.25, -0.2) is 4.98 Å². The number of aromatic nitrogens is 4. The summed E-state index contributed by atoms with van der Waals surface area (Å²) >= 11 is 9.04. The minimum absolute atomic E-state index is 0.566. The summed E-state index contributed by atoms with van der Waals surface area (Å²) < 4.78 is 16.5. The molecule has 32 heavy (non-hydrogen) atoms. The van der Waals surface area contributed by atoms with Crippen molar-refractivity contribution in [2.75, 3.05) is 24.7 Å². The molecule has 2 heterocycles. The molecular formula is C22H22ClN5O2S2. The molecule has 0 aliphatic heterocycles. The highest BCUT2D eigenvalue weighted by molar-refractivity contribution is 8.00. The Labute approximate surface area is 199 Å². The third-order valence-electron chi connectivity index (χ3n) is 4.67. The van der Waals surface area contributed by atoms with E-state index in [-0.39, 0.29) is 0 Å². The van der Waals surface area contributed by atoms with Crippen molar-refractivity contribution in [3.63, 3.8) is 0 Å². The van der Waals surface area contributed by atoms with Gasteiger partial charge in [0.15, 0.2) is 10.8 Å². The molecule has 1 N–H and O–H groups in total. The number of hydrogen-bond acceptors (Lipinski definition) is 8. The van der Waals surface area contributed by atoms with E-state index >= 15 is 0 Å². The van der Waals surface area contributed by atoms with Crippen LogP contribution in [-0.2, 0) is 6.42 Å². The van der Waals surface area contributed by atoms with Crippen LogP contribution in [-0.4, -0.2) is 39.7 Å². The van der Waals surface area contributed by atoms with Gasteiger partial charge in [-0.05, 0) is 55.1 Å². The number of nitrogens with one attached hydrogen (secondary N) is 1. The first kappa shape index (κ1) is 22.4. The summed E-state index contributed by atoms with van der Waals surface area (Å²) in [6, 6.07) is 13.5. The van der Waals surface area contributed by atoms with Crippen molar-refractivity contribution in [2.24, 2.45) is 0 Å². The molecule has 0 atom stereocenters. The summed E-state index contributed by atoms with van der Waals surface area (Å²) in [6.45, 7) is 1.95. The van der Waals surface area contributed by atoms with Crippen LogP contribution in [0.3, 0.4) is 0 Å². The molecule has 0 saturated carbocycles. The highest BCUT2D eigenvalue weighted by Gasteiger charge is 2.23. The molecule has 4 rings (SSSR count). The zero-order chi connectivity index (χ0) is 22.5. The second-order valence-electron chi connectivity index (χ2n) is 6.81. The third kappa shape index (κ3) is 4.85. The SMILES string of the molecule is COc1cccc(OC)c1-n1c(NSCCc2ccc(Cl)cc2)nnc1-c1nc(C)cs1. The van der Waals surface area contributed by atoms with Gasteiger partial charge in [0.25, 0.3) is 0 Å². The van der Waals surface area contributed by atoms with Crippen LogP contribution < -0.4 is 14.2 Å². The molecule has 0 bridgehead atoms. The number of methoxy groups -OCH3 is 2. The first-order valence-corrected chi connectivity index (χ1v) is 12.1. The maximum Gasteiger partial charge on any atom is 0.239 e. The van der Waals surface area contributed by atoms with Gasteiger partial charge in [0, 0.05) is 21.8 Å². The molecule has 0 spiro atoms. The normalized spacial score (nSPS) is 10.9. The highest BCUT2D eigenvalue weighted by atomic mass is 35.5. The Balaban J connectivity index is 1.65. The second kappa shape index (κ2) is 10.2. The van der Waals surface area contributed by atoms with E-state index in [0.29, 0.717) is 29.0 Å². The molecule has 0 aliphatic carbocycles. The summed E-state index contributed by atoms with van der Waals surface area (Å²) in [4.78, 5) is 4.60. The fraction of sp³-hybridized carbons (Fsp3) is 0.227. The van der Waals surface area contributed by atoms with Crippen LogP contribution in [0.4, 0.5) is 5.95 Å². The number of thiazole rings is 1. The molecule has 10 heteroatoms. The summed E-state index contributed by atoms with van der Waals surface area (Å²) in [6.07, 6.45) is 0.888. The van der Waals surface area contributed by atoms with Gasteiger partial charge in [0.2, 0.25) is 5.95 Å². The minimum atomic E-state index is 0.566. The predicted molar refractivity (Wildman–Crippen MR) is 132 cm³/mol. The molecule has 0 aliphatic rings. The maximum absolute atomic E-state index is 5.97. The van der Waals surface area contributed by atoms with E-state index in [2.05, 4.69) is 19.9 Å². The fourth-order valence-electron chi connectivity index (χ4n) is 3.14. The van der Waals surface area contributed by atoms with Crippen LogP contribution in [0.15, 0.2) is 47.8 Å². The van der Waals surface area contributed by atoms with Crippen LogP contribution in [0.25, 0.3) is 16.5 Å². The molecule has 0 saturated heterocycles. The number of halogens is 1. The lowest BCUT2D eigenvalue weighted by Crippen LogP contribution is -2.07. The molecule has 4 aromatic rings. The summed E-state index contributed by atoms with van der Waals surface area (Å²) in [5.41, 5.74) is 2.86. The quantitative estimate of drug-likeness (QED) is 0.241. The van der Waals surface area contributed by atoms with Crippen LogP contribution in [0.2, 0.25) is 5.02 Å². The van der Waals surface area contributed by atoms with E-state index in [0.717, 1.165) is 27.9 Å². The largest absolute Gasteiger partial charge is 0.494 e. The van der Waals surface area contributed by atoms with Crippen molar-refractivity contribution < 1.29 is 9.47 Å². The Morgan fingerprint density at radius 3 is 2.41 bits per heavy atom. The lowest BCUT2D eigenvalue weighted by Gasteiger charge is -2.16. The lowest BCUT2D eigenvalue weighted by atomic mass is 10.2. The average Bonchev–Trinajstić information content (AvgIpc) is 3.43. The molecule has 0 amide bonds. The molecule has 0 radical (unpaired) electrons. The number of benzene rings is 2. The number of para-hydroxylation sites is 1. The smallest absolute Gasteiger partial charge is 0.239 e. The van der Waals surface area contributed by atoms with Crippen LogP contribution in [0.1, 0.15) is 11.3 Å². The lowest BCUT2D eigenvalue weighted by molar-refractivity contribution is 0.391. The Kier molecular flexibility index (Phi) is 7.19. The fourth-order valence-corrected chi connectivity index (χ4v) is 4.74. The van der Waals surface area contributed by atoms with Crippen molar-refractivity contribution >= 4 is 40.8 Å².